The Morgan fingerprint density at radius 3 is 2.66 bits per heavy atom. The van der Waals surface area contributed by atoms with Crippen molar-refractivity contribution in [2.24, 2.45) is 0 Å². The number of nitrogens with one attached hydrogen (secondary N) is 1. The molecular formula is C20H20N8O. The average molecular weight is 388 g/mol. The number of fused-ring (bicyclic) bond motifs is 1. The minimum absolute atomic E-state index is 0.182. The fourth-order valence-corrected chi connectivity index (χ4v) is 3.22. The third kappa shape index (κ3) is 3.22. The highest BCUT2D eigenvalue weighted by atomic mass is 16.1. The highest BCUT2D eigenvalue weighted by Crippen LogP contribution is 2.28. The van der Waals surface area contributed by atoms with Gasteiger partial charge >= 0.3 is 0 Å². The Bertz CT molecular complexity index is 1250. The first-order valence-electron chi connectivity index (χ1n) is 9.03. The number of nitrogens with two attached hydrogens (primary N) is 2. The Morgan fingerprint density at radius 2 is 1.90 bits per heavy atom. The monoisotopic (exact) mass is 388 g/mol. The fraction of sp³-hybridized carbons (Fsp3) is 0.150. The maximum Gasteiger partial charge on any atom is 0.267 e. The zero-order valence-corrected chi connectivity index (χ0v) is 16.0. The number of nitrogens with zero attached hydrogens (tertiary/aromatic N) is 5. The normalized spacial score (nSPS) is 12.1. The molecular weight excluding hydrogens is 368 g/mol. The molecule has 29 heavy (non-hydrogen) atoms. The van der Waals surface area contributed by atoms with Crippen LogP contribution in [0.5, 0.6) is 0 Å². The summed E-state index contributed by atoms with van der Waals surface area (Å²) >= 11 is 0. The molecule has 4 rings (SSSR count). The SMILES string of the molecule is Cc1cccc2nc(C(C)Nc3ncnc(N)c3N)c(-c3ccccn3)c(=O)n12. The summed E-state index contributed by atoms with van der Waals surface area (Å²) in [5.41, 5.74) is 14.7. The second-order valence-electron chi connectivity index (χ2n) is 6.64. The molecule has 4 aromatic rings. The third-order valence-corrected chi connectivity index (χ3v) is 4.67. The average Bonchev–Trinajstić information content (AvgIpc) is 2.71. The molecule has 0 amide bonds. The molecule has 9 nitrogen and oxygen atoms in total. The van der Waals surface area contributed by atoms with Crippen LogP contribution >= 0.6 is 0 Å². The van der Waals surface area contributed by atoms with Gasteiger partial charge in [-0.3, -0.25) is 14.2 Å². The maximum absolute atomic E-state index is 13.4. The van der Waals surface area contributed by atoms with Gasteiger partial charge in [-0.25, -0.2) is 15.0 Å². The molecule has 0 spiro atoms. The summed E-state index contributed by atoms with van der Waals surface area (Å²) in [6, 6.07) is 10.5. The number of nitrogen functional groups attached to an aromatic ring is 2. The van der Waals surface area contributed by atoms with Gasteiger partial charge in [0.05, 0.1) is 23.0 Å². The van der Waals surface area contributed by atoms with Crippen molar-refractivity contribution >= 4 is 23.0 Å². The zero-order valence-electron chi connectivity index (χ0n) is 16.0. The van der Waals surface area contributed by atoms with Gasteiger partial charge in [0.1, 0.15) is 17.7 Å². The number of anilines is 3. The first-order valence-corrected chi connectivity index (χ1v) is 9.03. The second kappa shape index (κ2) is 7.19. The first-order chi connectivity index (χ1) is 14.0. The van der Waals surface area contributed by atoms with Crippen molar-refractivity contribution in [3.05, 3.63) is 70.7 Å². The third-order valence-electron chi connectivity index (χ3n) is 4.67. The first kappa shape index (κ1) is 18.4. The molecule has 0 aliphatic heterocycles. The van der Waals surface area contributed by atoms with Crippen molar-refractivity contribution in [3.8, 4) is 11.3 Å². The van der Waals surface area contributed by atoms with E-state index in [9.17, 15) is 4.79 Å². The predicted molar refractivity (Wildman–Crippen MR) is 112 cm³/mol. The Labute approximate surface area is 166 Å². The summed E-state index contributed by atoms with van der Waals surface area (Å²) in [5.74, 6) is 0.560. The van der Waals surface area contributed by atoms with Crippen LogP contribution in [0.2, 0.25) is 0 Å². The molecule has 5 N–H and O–H groups in total. The van der Waals surface area contributed by atoms with E-state index in [1.165, 1.54) is 6.33 Å². The van der Waals surface area contributed by atoms with E-state index < -0.39 is 6.04 Å². The van der Waals surface area contributed by atoms with E-state index in [4.69, 9.17) is 16.5 Å². The van der Waals surface area contributed by atoms with Crippen LogP contribution in [0.1, 0.15) is 24.4 Å². The van der Waals surface area contributed by atoms with Gasteiger partial charge in [0, 0.05) is 11.9 Å². The van der Waals surface area contributed by atoms with Crippen LogP contribution in [-0.4, -0.2) is 24.3 Å². The van der Waals surface area contributed by atoms with Crippen molar-refractivity contribution in [1.29, 1.82) is 0 Å². The lowest BCUT2D eigenvalue weighted by atomic mass is 10.1. The second-order valence-corrected chi connectivity index (χ2v) is 6.64. The minimum Gasteiger partial charge on any atom is -0.393 e. The molecule has 0 saturated carbocycles. The number of rotatable bonds is 4. The summed E-state index contributed by atoms with van der Waals surface area (Å²) in [7, 11) is 0. The summed E-state index contributed by atoms with van der Waals surface area (Å²) in [6.07, 6.45) is 2.97. The lowest BCUT2D eigenvalue weighted by Gasteiger charge is -2.19. The molecule has 1 atom stereocenters. The molecule has 0 aliphatic rings. The van der Waals surface area contributed by atoms with Gasteiger partial charge in [0.15, 0.2) is 11.6 Å². The summed E-state index contributed by atoms with van der Waals surface area (Å²) < 4.78 is 1.58. The topological polar surface area (TPSA) is 137 Å². The van der Waals surface area contributed by atoms with Crippen LogP contribution in [0.3, 0.4) is 0 Å². The highest BCUT2D eigenvalue weighted by Gasteiger charge is 2.22. The summed E-state index contributed by atoms with van der Waals surface area (Å²) in [4.78, 5) is 30.6. The van der Waals surface area contributed by atoms with Crippen LogP contribution in [0.25, 0.3) is 16.9 Å². The molecule has 0 aromatic carbocycles. The van der Waals surface area contributed by atoms with Crippen LogP contribution in [0, 0.1) is 6.92 Å². The van der Waals surface area contributed by atoms with E-state index in [0.717, 1.165) is 5.69 Å². The Kier molecular flexibility index (Phi) is 4.55. The molecule has 0 fully saturated rings. The molecule has 1 unspecified atom stereocenters. The molecule has 146 valence electrons. The van der Waals surface area contributed by atoms with Gasteiger partial charge in [0.2, 0.25) is 0 Å². The highest BCUT2D eigenvalue weighted by molar-refractivity contribution is 5.73. The van der Waals surface area contributed by atoms with Crippen molar-refractivity contribution in [3.63, 3.8) is 0 Å². The van der Waals surface area contributed by atoms with Crippen LogP contribution in [0.4, 0.5) is 17.3 Å². The zero-order chi connectivity index (χ0) is 20.5. The van der Waals surface area contributed by atoms with Crippen molar-refractivity contribution in [2.75, 3.05) is 16.8 Å². The molecule has 0 bridgehead atoms. The number of aromatic nitrogens is 5. The number of hydrogen-bond donors (Lipinski definition) is 3. The minimum atomic E-state index is -0.401. The lowest BCUT2D eigenvalue weighted by molar-refractivity contribution is 0.819. The van der Waals surface area contributed by atoms with Crippen molar-refractivity contribution in [2.45, 2.75) is 19.9 Å². The maximum atomic E-state index is 13.4. The van der Waals surface area contributed by atoms with Gasteiger partial charge < -0.3 is 16.8 Å². The van der Waals surface area contributed by atoms with Crippen LogP contribution in [-0.2, 0) is 0 Å². The largest absolute Gasteiger partial charge is 0.393 e. The molecule has 0 saturated heterocycles. The number of hydrogen-bond acceptors (Lipinski definition) is 8. The Balaban J connectivity index is 1.93. The van der Waals surface area contributed by atoms with Gasteiger partial charge in [-0.1, -0.05) is 12.1 Å². The smallest absolute Gasteiger partial charge is 0.267 e. The van der Waals surface area contributed by atoms with E-state index in [0.29, 0.717) is 28.4 Å². The number of aryl methyl sites for hydroxylation is 1. The summed E-state index contributed by atoms with van der Waals surface area (Å²) in [6.45, 7) is 3.74. The van der Waals surface area contributed by atoms with Gasteiger partial charge in [0.25, 0.3) is 5.56 Å². The van der Waals surface area contributed by atoms with E-state index in [2.05, 4.69) is 20.3 Å². The molecule has 4 aromatic heterocycles. The standard InChI is InChI=1S/C20H20N8O/c1-11-6-5-8-14-27-17(12(2)26-19-16(21)18(22)24-10-25-19)15(20(29)28(11)14)13-7-3-4-9-23-13/h3-10,12H,21H2,1-2H3,(H3,22,24,25,26). The van der Waals surface area contributed by atoms with Crippen LogP contribution in [0.15, 0.2) is 53.7 Å². The van der Waals surface area contributed by atoms with Gasteiger partial charge in [-0.2, -0.15) is 0 Å². The van der Waals surface area contributed by atoms with E-state index >= 15 is 0 Å². The predicted octanol–water partition coefficient (Wildman–Crippen LogP) is 2.19. The van der Waals surface area contributed by atoms with E-state index in [1.807, 2.05) is 32.0 Å². The summed E-state index contributed by atoms with van der Waals surface area (Å²) in [5, 5.41) is 3.19. The van der Waals surface area contributed by atoms with E-state index in [-0.39, 0.29) is 17.1 Å². The quantitative estimate of drug-likeness (QED) is 0.484. The molecule has 0 radical (unpaired) electrons. The van der Waals surface area contributed by atoms with Gasteiger partial charge in [-0.05, 0) is 38.1 Å². The fourth-order valence-electron chi connectivity index (χ4n) is 3.22. The Morgan fingerprint density at radius 1 is 1.07 bits per heavy atom. The lowest BCUT2D eigenvalue weighted by Crippen LogP contribution is -2.25. The molecule has 4 heterocycles. The van der Waals surface area contributed by atoms with E-state index in [1.54, 1.807) is 28.8 Å². The van der Waals surface area contributed by atoms with Crippen molar-refractivity contribution < 1.29 is 0 Å². The number of pyridine rings is 2. The van der Waals surface area contributed by atoms with Gasteiger partial charge in [-0.15, -0.1) is 0 Å². The molecule has 9 heteroatoms. The van der Waals surface area contributed by atoms with Crippen LogP contribution < -0.4 is 22.3 Å². The Hall–Kier alpha value is -4.01. The molecule has 0 aliphatic carbocycles. The van der Waals surface area contributed by atoms with Crippen molar-refractivity contribution in [1.82, 2.24) is 24.3 Å².